The highest BCUT2D eigenvalue weighted by molar-refractivity contribution is 7.47. The number of allylic oxidation sites excluding steroid dienone is 4. The van der Waals surface area contributed by atoms with E-state index in [0.717, 1.165) is 52.1 Å². The van der Waals surface area contributed by atoms with E-state index < -0.39 is 26.5 Å². The van der Waals surface area contributed by atoms with Crippen LogP contribution in [0.2, 0.25) is 0 Å². The van der Waals surface area contributed by atoms with Gasteiger partial charge in [-0.15, -0.1) is 0 Å². The van der Waals surface area contributed by atoms with Gasteiger partial charge in [-0.1, -0.05) is 250 Å². The van der Waals surface area contributed by atoms with Crippen LogP contribution in [0.15, 0.2) is 24.3 Å². The molecule has 0 aliphatic rings. The van der Waals surface area contributed by atoms with Crippen molar-refractivity contribution in [2.75, 3.05) is 20.3 Å². The first-order valence-electron chi connectivity index (χ1n) is 27.0. The van der Waals surface area contributed by atoms with Crippen molar-refractivity contribution in [1.29, 1.82) is 0 Å². The van der Waals surface area contributed by atoms with E-state index in [1.54, 1.807) is 0 Å². The topological polar surface area (TPSA) is 108 Å². The molecule has 0 aliphatic heterocycles. The number of carbonyl (C=O) groups excluding carboxylic acids is 2. The molecule has 63 heavy (non-hydrogen) atoms. The van der Waals surface area contributed by atoms with E-state index in [-0.39, 0.29) is 19.0 Å². The lowest BCUT2D eigenvalue weighted by atomic mass is 10.0. The molecule has 0 aromatic heterocycles. The summed E-state index contributed by atoms with van der Waals surface area (Å²) >= 11 is 0. The largest absolute Gasteiger partial charge is 0.472 e. The molecule has 0 rings (SSSR count). The molecule has 0 radical (unpaired) electrons. The summed E-state index contributed by atoms with van der Waals surface area (Å²) in [6.07, 6.45) is 59.6. The Morgan fingerprint density at radius 3 is 1.11 bits per heavy atom. The fraction of sp³-hybridized carbons (Fsp3) is 0.889. The molecule has 8 nitrogen and oxygen atoms in total. The minimum atomic E-state index is -4.27. The minimum Gasteiger partial charge on any atom is -0.462 e. The van der Waals surface area contributed by atoms with E-state index in [4.69, 9.17) is 14.0 Å². The van der Waals surface area contributed by atoms with Crippen molar-refractivity contribution < 1.29 is 37.6 Å². The molecule has 0 fully saturated rings. The first kappa shape index (κ1) is 61.5. The lowest BCUT2D eigenvalue weighted by Gasteiger charge is -2.19. The Kier molecular flexibility index (Phi) is 48.8. The van der Waals surface area contributed by atoms with Crippen LogP contribution in [0, 0.1) is 0 Å². The molecule has 0 spiro atoms. The van der Waals surface area contributed by atoms with E-state index in [2.05, 4.69) is 42.7 Å². The number of unbranched alkanes of at least 4 members (excludes halogenated alkanes) is 36. The van der Waals surface area contributed by atoms with Crippen LogP contribution in [-0.2, 0) is 32.7 Å². The summed E-state index contributed by atoms with van der Waals surface area (Å²) < 4.78 is 32.2. The van der Waals surface area contributed by atoms with Gasteiger partial charge in [0.2, 0.25) is 0 Å². The zero-order chi connectivity index (χ0) is 46.0. The number of ether oxygens (including phenoxy) is 2. The van der Waals surface area contributed by atoms with Gasteiger partial charge in [0.1, 0.15) is 6.61 Å². The standard InChI is InChI=1S/C54H103O8P/c1-4-6-8-10-12-14-16-18-20-22-24-26-27-29-30-32-34-36-38-40-42-44-46-48-53(55)60-50-52(51-61-63(57,58)59-3)62-54(56)49-47-45-43-41-39-37-35-33-31-28-25-23-21-19-17-15-13-11-9-7-5-2/h17,19,23,25,52H,4-16,18,20-22,24,26-51H2,1-3H3,(H,57,58)/b19-17-,25-23-. The van der Waals surface area contributed by atoms with Crippen LogP contribution in [0.3, 0.4) is 0 Å². The SMILES string of the molecule is CCCCCCC/C=C\C/C=C\CCCCCCCCCCCC(=O)OC(COC(=O)CCCCCCCCCCCCCCCCCCCCCCCCC)COP(=O)(O)OC. The Hall–Kier alpha value is -1.47. The quantitative estimate of drug-likeness (QED) is 0.0278. The van der Waals surface area contributed by atoms with Gasteiger partial charge in [-0.3, -0.25) is 18.6 Å². The van der Waals surface area contributed by atoms with Gasteiger partial charge in [0.15, 0.2) is 6.10 Å². The van der Waals surface area contributed by atoms with Crippen molar-refractivity contribution in [3.05, 3.63) is 24.3 Å². The van der Waals surface area contributed by atoms with Crippen molar-refractivity contribution in [3.8, 4) is 0 Å². The summed E-state index contributed by atoms with van der Waals surface area (Å²) in [4.78, 5) is 34.7. The molecular weight excluding hydrogens is 808 g/mol. The van der Waals surface area contributed by atoms with Crippen molar-refractivity contribution in [2.45, 2.75) is 290 Å². The number of hydrogen-bond acceptors (Lipinski definition) is 7. The van der Waals surface area contributed by atoms with Crippen LogP contribution in [0.4, 0.5) is 0 Å². The average Bonchev–Trinajstić information content (AvgIpc) is 3.28. The van der Waals surface area contributed by atoms with Crippen LogP contribution in [0.25, 0.3) is 0 Å². The summed E-state index contributed by atoms with van der Waals surface area (Å²) in [7, 11) is -3.20. The first-order chi connectivity index (χ1) is 30.8. The maximum absolute atomic E-state index is 12.6. The lowest BCUT2D eigenvalue weighted by molar-refractivity contribution is -0.161. The summed E-state index contributed by atoms with van der Waals surface area (Å²) in [6.45, 7) is 3.93. The highest BCUT2D eigenvalue weighted by Crippen LogP contribution is 2.42. The first-order valence-corrected chi connectivity index (χ1v) is 28.5. The fourth-order valence-electron chi connectivity index (χ4n) is 8.05. The molecule has 0 saturated heterocycles. The molecule has 2 atom stereocenters. The van der Waals surface area contributed by atoms with Crippen LogP contribution in [-0.4, -0.2) is 43.3 Å². The van der Waals surface area contributed by atoms with Gasteiger partial charge in [-0.05, 0) is 44.9 Å². The Bertz CT molecular complexity index is 1080. The van der Waals surface area contributed by atoms with Gasteiger partial charge in [0.25, 0.3) is 0 Å². The summed E-state index contributed by atoms with van der Waals surface area (Å²) in [5.41, 5.74) is 0. The lowest BCUT2D eigenvalue weighted by Crippen LogP contribution is -2.29. The van der Waals surface area contributed by atoms with Gasteiger partial charge in [0, 0.05) is 20.0 Å². The molecule has 2 unspecified atom stereocenters. The molecule has 0 bridgehead atoms. The zero-order valence-corrected chi connectivity index (χ0v) is 42.6. The third-order valence-electron chi connectivity index (χ3n) is 12.2. The smallest absolute Gasteiger partial charge is 0.462 e. The molecule has 0 heterocycles. The van der Waals surface area contributed by atoms with Crippen LogP contribution >= 0.6 is 7.82 Å². The van der Waals surface area contributed by atoms with Gasteiger partial charge in [-0.25, -0.2) is 4.57 Å². The van der Waals surface area contributed by atoms with Crippen molar-refractivity contribution in [3.63, 3.8) is 0 Å². The molecule has 0 saturated carbocycles. The summed E-state index contributed by atoms with van der Waals surface area (Å²) in [6, 6.07) is 0. The van der Waals surface area contributed by atoms with Crippen molar-refractivity contribution in [1.82, 2.24) is 0 Å². The Balaban J connectivity index is 3.84. The summed E-state index contributed by atoms with van der Waals surface area (Å²) in [5, 5.41) is 0. The Morgan fingerprint density at radius 2 is 0.762 bits per heavy atom. The van der Waals surface area contributed by atoms with E-state index in [1.165, 1.54) is 205 Å². The molecule has 0 aliphatic carbocycles. The second-order valence-electron chi connectivity index (χ2n) is 18.4. The van der Waals surface area contributed by atoms with Crippen LogP contribution in [0.1, 0.15) is 284 Å². The molecule has 372 valence electrons. The van der Waals surface area contributed by atoms with Gasteiger partial charge >= 0.3 is 19.8 Å². The number of carbonyl (C=O) groups is 2. The summed E-state index contributed by atoms with van der Waals surface area (Å²) in [5.74, 6) is -0.792. The van der Waals surface area contributed by atoms with Crippen LogP contribution < -0.4 is 0 Å². The highest BCUT2D eigenvalue weighted by atomic mass is 31.2. The molecule has 0 aromatic carbocycles. The van der Waals surface area contributed by atoms with Gasteiger partial charge < -0.3 is 14.4 Å². The third-order valence-corrected chi connectivity index (χ3v) is 13.1. The minimum absolute atomic E-state index is 0.222. The number of esters is 2. The van der Waals surface area contributed by atoms with Crippen LogP contribution in [0.5, 0.6) is 0 Å². The number of rotatable bonds is 51. The van der Waals surface area contributed by atoms with Crippen molar-refractivity contribution >= 4 is 19.8 Å². The van der Waals surface area contributed by atoms with Crippen molar-refractivity contribution in [2.24, 2.45) is 0 Å². The number of phosphoric acid groups is 1. The number of phosphoric ester groups is 1. The Morgan fingerprint density at radius 1 is 0.444 bits per heavy atom. The van der Waals surface area contributed by atoms with E-state index >= 15 is 0 Å². The highest BCUT2D eigenvalue weighted by Gasteiger charge is 2.24. The zero-order valence-electron chi connectivity index (χ0n) is 41.8. The van der Waals surface area contributed by atoms with Gasteiger partial charge in [-0.2, -0.15) is 0 Å². The van der Waals surface area contributed by atoms with E-state index in [9.17, 15) is 19.0 Å². The second kappa shape index (κ2) is 50.0. The molecular formula is C54H103O8P. The Labute approximate surface area is 390 Å². The monoisotopic (exact) mass is 911 g/mol. The van der Waals surface area contributed by atoms with Gasteiger partial charge in [0.05, 0.1) is 6.61 Å². The molecule has 0 aromatic rings. The molecule has 9 heteroatoms. The maximum atomic E-state index is 12.6. The number of hydrogen-bond donors (Lipinski definition) is 1. The molecule has 0 amide bonds. The predicted molar refractivity (Wildman–Crippen MR) is 267 cm³/mol. The van der Waals surface area contributed by atoms with E-state index in [1.807, 2.05) is 0 Å². The second-order valence-corrected chi connectivity index (χ2v) is 19.9. The predicted octanol–water partition coefficient (Wildman–Crippen LogP) is 17.7. The molecule has 1 N–H and O–H groups in total. The fourth-order valence-corrected chi connectivity index (χ4v) is 8.51. The maximum Gasteiger partial charge on any atom is 0.472 e. The third kappa shape index (κ3) is 49.8. The normalized spacial score (nSPS) is 13.3. The van der Waals surface area contributed by atoms with E-state index in [0.29, 0.717) is 12.8 Å². The average molecular weight is 911 g/mol.